The zero-order chi connectivity index (χ0) is 25.4. The topological polar surface area (TPSA) is 115 Å². The van der Waals surface area contributed by atoms with Crippen LogP contribution in [0.1, 0.15) is 24.5 Å². The molecule has 3 aromatic rings. The number of likely N-dealkylation sites (N-methyl/N-ethyl adjacent to an activating group) is 1. The number of guanidine groups is 1. The van der Waals surface area contributed by atoms with Gasteiger partial charge >= 0.3 is 10.1 Å². The summed E-state index contributed by atoms with van der Waals surface area (Å²) >= 11 is 0. The van der Waals surface area contributed by atoms with Crippen molar-refractivity contribution in [2.45, 2.75) is 18.9 Å². The van der Waals surface area contributed by atoms with Crippen LogP contribution >= 0.6 is 0 Å². The molecule has 0 radical (unpaired) electrons. The number of aliphatic imine (C=N–C) groups is 1. The van der Waals surface area contributed by atoms with Gasteiger partial charge in [-0.3, -0.25) is 9.69 Å². The second-order valence-corrected chi connectivity index (χ2v) is 9.66. The van der Waals surface area contributed by atoms with Crippen LogP contribution in [0.2, 0.25) is 0 Å². The molecule has 1 atom stereocenters. The molecule has 0 fully saturated rings. The van der Waals surface area contributed by atoms with Crippen LogP contribution in [0.5, 0.6) is 5.75 Å². The maximum absolute atomic E-state index is 14.4. The number of carbonyl (C=O) groups excluding carboxylic acids is 1. The van der Waals surface area contributed by atoms with Crippen molar-refractivity contribution >= 4 is 22.0 Å². The fourth-order valence-electron chi connectivity index (χ4n) is 3.91. The van der Waals surface area contributed by atoms with E-state index in [0.29, 0.717) is 23.1 Å². The smallest absolute Gasteiger partial charge is 0.309 e. The van der Waals surface area contributed by atoms with E-state index >= 15 is 0 Å². The zero-order valence-corrected chi connectivity index (χ0v) is 19.7. The highest BCUT2D eigenvalue weighted by atomic mass is 32.2. The number of carbonyl (C=O) groups is 1. The summed E-state index contributed by atoms with van der Waals surface area (Å²) in [5, 5.41) is 0. The molecule has 1 aromatic heterocycles. The molecule has 1 unspecified atom stereocenters. The van der Waals surface area contributed by atoms with Crippen LogP contribution in [0.4, 0.5) is 8.78 Å². The van der Waals surface area contributed by atoms with Crippen molar-refractivity contribution in [2.75, 3.05) is 12.8 Å². The summed E-state index contributed by atoms with van der Waals surface area (Å²) in [5.41, 5.74) is 5.56. The van der Waals surface area contributed by atoms with Crippen molar-refractivity contribution in [1.29, 1.82) is 0 Å². The normalized spacial score (nSPS) is 18.0. The Morgan fingerprint density at radius 3 is 2.37 bits per heavy atom. The molecule has 182 valence electrons. The number of benzene rings is 2. The number of halogens is 2. The van der Waals surface area contributed by atoms with Gasteiger partial charge in [0.15, 0.2) is 11.5 Å². The molecule has 2 heterocycles. The number of rotatable bonds is 7. The summed E-state index contributed by atoms with van der Waals surface area (Å²) < 4.78 is 56.8. The zero-order valence-electron chi connectivity index (χ0n) is 18.9. The number of aromatic nitrogens is 1. The molecule has 4 rings (SSSR count). The molecule has 11 heteroatoms. The van der Waals surface area contributed by atoms with Gasteiger partial charge in [-0.2, -0.15) is 22.2 Å². The molecular formula is C24H22F2N4O4S. The lowest BCUT2D eigenvalue weighted by molar-refractivity contribution is -0.129. The third-order valence-electron chi connectivity index (χ3n) is 5.60. The summed E-state index contributed by atoms with van der Waals surface area (Å²) in [6, 6.07) is 14.6. The molecule has 0 spiro atoms. The Labute approximate surface area is 201 Å². The second kappa shape index (κ2) is 9.06. The van der Waals surface area contributed by atoms with Crippen molar-refractivity contribution in [1.82, 2.24) is 9.88 Å². The maximum atomic E-state index is 14.4. The van der Waals surface area contributed by atoms with Gasteiger partial charge in [-0.15, -0.1) is 0 Å². The first-order valence-electron chi connectivity index (χ1n) is 10.7. The van der Waals surface area contributed by atoms with Crippen LogP contribution in [0.3, 0.4) is 0 Å². The second-order valence-electron chi connectivity index (χ2n) is 7.97. The highest BCUT2D eigenvalue weighted by molar-refractivity contribution is 7.87. The quantitative estimate of drug-likeness (QED) is 0.394. The Bertz CT molecular complexity index is 1430. The molecule has 8 nitrogen and oxygen atoms in total. The minimum Gasteiger partial charge on any atom is -0.382 e. The van der Waals surface area contributed by atoms with Crippen molar-refractivity contribution in [3.05, 3.63) is 83.7 Å². The van der Waals surface area contributed by atoms with Crippen molar-refractivity contribution in [3.63, 3.8) is 0 Å². The minimum absolute atomic E-state index is 0.0270. The van der Waals surface area contributed by atoms with Gasteiger partial charge in [0.25, 0.3) is 5.91 Å². The van der Waals surface area contributed by atoms with Gasteiger partial charge in [-0.05, 0) is 53.4 Å². The Morgan fingerprint density at radius 1 is 1.06 bits per heavy atom. The Morgan fingerprint density at radius 2 is 1.77 bits per heavy atom. The number of pyridine rings is 1. The van der Waals surface area contributed by atoms with Gasteiger partial charge in [-0.1, -0.05) is 37.3 Å². The van der Waals surface area contributed by atoms with Crippen LogP contribution in [0.25, 0.3) is 11.1 Å². The Hall–Kier alpha value is -3.86. The predicted octanol–water partition coefficient (Wildman–Crippen LogP) is 3.18. The molecule has 1 aliphatic heterocycles. The molecular weight excluding hydrogens is 478 g/mol. The third-order valence-corrected chi connectivity index (χ3v) is 6.95. The van der Waals surface area contributed by atoms with Crippen LogP contribution in [-0.4, -0.2) is 43.0 Å². The SMILES string of the molecule is CCCS(=O)(=O)Oc1ccc(C2(c3cccc(-c4ccc(F)nc4F)c3)N=C(N)N(C)C2=O)cc1. The van der Waals surface area contributed by atoms with Crippen molar-refractivity contribution in [2.24, 2.45) is 10.7 Å². The fourth-order valence-corrected chi connectivity index (χ4v) is 4.90. The number of amides is 1. The van der Waals surface area contributed by atoms with Gasteiger partial charge in [0.05, 0.1) is 5.75 Å². The Kier molecular flexibility index (Phi) is 6.28. The van der Waals surface area contributed by atoms with Gasteiger partial charge in [0.1, 0.15) is 5.75 Å². The van der Waals surface area contributed by atoms with Gasteiger partial charge < -0.3 is 9.92 Å². The number of hydrogen-bond acceptors (Lipinski definition) is 7. The molecule has 2 N–H and O–H groups in total. The van der Waals surface area contributed by atoms with E-state index in [-0.39, 0.29) is 23.0 Å². The molecule has 35 heavy (non-hydrogen) atoms. The van der Waals surface area contributed by atoms with Crippen molar-refractivity contribution in [3.8, 4) is 16.9 Å². The predicted molar refractivity (Wildman–Crippen MR) is 126 cm³/mol. The van der Waals surface area contributed by atoms with Crippen LogP contribution in [-0.2, 0) is 20.5 Å². The van der Waals surface area contributed by atoms with Gasteiger partial charge in [-0.25, -0.2) is 4.99 Å². The van der Waals surface area contributed by atoms with E-state index < -0.39 is 33.5 Å². The van der Waals surface area contributed by atoms with E-state index in [1.54, 1.807) is 31.2 Å². The molecule has 0 saturated heterocycles. The monoisotopic (exact) mass is 500 g/mol. The average molecular weight is 501 g/mol. The van der Waals surface area contributed by atoms with Crippen molar-refractivity contribution < 1.29 is 26.2 Å². The largest absolute Gasteiger partial charge is 0.382 e. The van der Waals surface area contributed by atoms with E-state index in [9.17, 15) is 22.0 Å². The lowest BCUT2D eigenvalue weighted by atomic mass is 9.81. The van der Waals surface area contributed by atoms with Crippen LogP contribution in [0.15, 0.2) is 65.7 Å². The molecule has 0 bridgehead atoms. The molecule has 1 amide bonds. The standard InChI is InChI=1S/C24H22F2N4O4S/c1-3-13-35(32,33)34-18-9-7-16(8-10-18)24(22(31)30(2)23(27)29-24)17-6-4-5-15(14-17)19-11-12-20(25)28-21(19)26/h4-12,14H,3,13H2,1-2H3,(H2,27,29). The average Bonchev–Trinajstić information content (AvgIpc) is 3.04. The molecule has 0 saturated carbocycles. The van der Waals surface area contributed by atoms with E-state index in [4.69, 9.17) is 9.92 Å². The van der Waals surface area contributed by atoms with Gasteiger partial charge in [0, 0.05) is 12.6 Å². The first-order valence-corrected chi connectivity index (χ1v) is 12.2. The minimum atomic E-state index is -3.75. The number of nitrogens with two attached hydrogens (primary N) is 1. The summed E-state index contributed by atoms with van der Waals surface area (Å²) in [7, 11) is -2.27. The number of hydrogen-bond donors (Lipinski definition) is 1. The number of nitrogens with zero attached hydrogens (tertiary/aromatic N) is 3. The summed E-state index contributed by atoms with van der Waals surface area (Å²) in [6.07, 6.45) is 0.402. The van der Waals surface area contributed by atoms with Crippen LogP contribution in [0, 0.1) is 11.9 Å². The van der Waals surface area contributed by atoms with Crippen LogP contribution < -0.4 is 9.92 Å². The van der Waals surface area contributed by atoms with E-state index in [0.717, 1.165) is 6.07 Å². The highest BCUT2D eigenvalue weighted by Crippen LogP contribution is 2.41. The summed E-state index contributed by atoms with van der Waals surface area (Å²) in [4.78, 5) is 22.4. The lowest BCUT2D eigenvalue weighted by Gasteiger charge is -2.26. The van der Waals surface area contributed by atoms with E-state index in [1.165, 1.54) is 42.3 Å². The van der Waals surface area contributed by atoms with E-state index in [2.05, 4.69) is 9.98 Å². The fraction of sp³-hybridized carbons (Fsp3) is 0.208. The molecule has 0 aliphatic carbocycles. The molecule has 1 aliphatic rings. The lowest BCUT2D eigenvalue weighted by Crippen LogP contribution is -2.41. The first-order chi connectivity index (χ1) is 16.6. The Balaban J connectivity index is 1.82. The third kappa shape index (κ3) is 4.46. The first kappa shape index (κ1) is 24.3. The maximum Gasteiger partial charge on any atom is 0.309 e. The van der Waals surface area contributed by atoms with Gasteiger partial charge in [0.2, 0.25) is 11.9 Å². The summed E-state index contributed by atoms with van der Waals surface area (Å²) in [5.74, 6) is -2.49. The molecule has 2 aromatic carbocycles. The van der Waals surface area contributed by atoms with E-state index in [1.807, 2.05) is 0 Å². The summed E-state index contributed by atoms with van der Waals surface area (Å²) in [6.45, 7) is 1.72. The highest BCUT2D eigenvalue weighted by Gasteiger charge is 2.49.